The van der Waals surface area contributed by atoms with E-state index in [1.165, 1.54) is 5.57 Å². The number of fused-ring (bicyclic) bond motifs is 1. The standard InChI is InChI=1S/C25H32ClN5/c1-17(2)16-29-11-13-30(14-12-29)22-15-21(25(4,5)6)27-24-23(18(3)28-31(22)24)19-9-7-8-10-20(19)26/h7-10,15H,1,11-14,16H2,2-6H3. The Hall–Kier alpha value is -2.37. The molecule has 31 heavy (non-hydrogen) atoms. The van der Waals surface area contributed by atoms with Crippen LogP contribution < -0.4 is 4.90 Å². The van der Waals surface area contributed by atoms with Crippen LogP contribution >= 0.6 is 11.6 Å². The summed E-state index contributed by atoms with van der Waals surface area (Å²) in [5.74, 6) is 1.10. The quantitative estimate of drug-likeness (QED) is 0.515. The molecule has 4 rings (SSSR count). The number of hydrogen-bond donors (Lipinski definition) is 0. The molecular formula is C25H32ClN5. The second-order valence-corrected chi connectivity index (χ2v) is 10.1. The third kappa shape index (κ3) is 4.35. The van der Waals surface area contributed by atoms with Crippen molar-refractivity contribution in [3.05, 3.63) is 58.9 Å². The molecule has 0 radical (unpaired) electrons. The number of aryl methyl sites for hydroxylation is 1. The molecule has 1 saturated heterocycles. The Morgan fingerprint density at radius 2 is 1.81 bits per heavy atom. The van der Waals surface area contributed by atoms with Crippen molar-refractivity contribution in [2.45, 2.75) is 40.0 Å². The molecule has 2 aromatic heterocycles. The Morgan fingerprint density at radius 3 is 2.42 bits per heavy atom. The summed E-state index contributed by atoms with van der Waals surface area (Å²) in [5, 5.41) is 5.64. The highest BCUT2D eigenvalue weighted by Gasteiger charge is 2.26. The summed E-state index contributed by atoms with van der Waals surface area (Å²) in [5.41, 5.74) is 6.00. The van der Waals surface area contributed by atoms with Gasteiger partial charge in [0.15, 0.2) is 5.65 Å². The summed E-state index contributed by atoms with van der Waals surface area (Å²) in [6, 6.07) is 10.2. The normalized spacial score (nSPS) is 15.6. The van der Waals surface area contributed by atoms with Crippen molar-refractivity contribution in [1.82, 2.24) is 19.5 Å². The molecule has 6 heteroatoms. The minimum atomic E-state index is -0.0752. The number of benzene rings is 1. The average Bonchev–Trinajstić information content (AvgIpc) is 3.03. The van der Waals surface area contributed by atoms with Crippen molar-refractivity contribution in [3.8, 4) is 11.1 Å². The summed E-state index contributed by atoms with van der Waals surface area (Å²) in [4.78, 5) is 9.98. The molecular weight excluding hydrogens is 406 g/mol. The predicted octanol–water partition coefficient (Wildman–Crippen LogP) is 5.35. The van der Waals surface area contributed by atoms with E-state index < -0.39 is 0 Å². The van der Waals surface area contributed by atoms with Crippen LogP contribution in [0, 0.1) is 6.92 Å². The molecule has 0 aliphatic carbocycles. The summed E-state index contributed by atoms with van der Waals surface area (Å²) in [6.45, 7) is 19.7. The fraction of sp³-hybridized carbons (Fsp3) is 0.440. The molecule has 164 valence electrons. The fourth-order valence-electron chi connectivity index (χ4n) is 4.21. The highest BCUT2D eigenvalue weighted by Crippen LogP contribution is 2.36. The van der Waals surface area contributed by atoms with Crippen LogP contribution in [0.15, 0.2) is 42.5 Å². The largest absolute Gasteiger partial charge is 0.354 e. The van der Waals surface area contributed by atoms with E-state index in [2.05, 4.69) is 50.1 Å². The number of anilines is 1. The Morgan fingerprint density at radius 1 is 1.13 bits per heavy atom. The van der Waals surface area contributed by atoms with Crippen LogP contribution in [-0.2, 0) is 5.41 Å². The van der Waals surface area contributed by atoms with Crippen LogP contribution in [0.1, 0.15) is 39.1 Å². The van der Waals surface area contributed by atoms with Crippen molar-refractivity contribution in [3.63, 3.8) is 0 Å². The maximum absolute atomic E-state index is 6.58. The van der Waals surface area contributed by atoms with Gasteiger partial charge in [0.25, 0.3) is 0 Å². The Bertz CT molecular complexity index is 1120. The zero-order valence-corrected chi connectivity index (χ0v) is 20.0. The lowest BCUT2D eigenvalue weighted by Crippen LogP contribution is -2.47. The lowest BCUT2D eigenvalue weighted by molar-refractivity contribution is 0.277. The third-order valence-electron chi connectivity index (χ3n) is 5.85. The van der Waals surface area contributed by atoms with Crippen LogP contribution in [0.3, 0.4) is 0 Å². The van der Waals surface area contributed by atoms with Gasteiger partial charge >= 0.3 is 0 Å². The second kappa shape index (κ2) is 8.29. The van der Waals surface area contributed by atoms with Crippen LogP contribution in [-0.4, -0.2) is 52.2 Å². The van der Waals surface area contributed by atoms with Crippen molar-refractivity contribution in [2.75, 3.05) is 37.6 Å². The van der Waals surface area contributed by atoms with Crippen LogP contribution in [0.25, 0.3) is 16.8 Å². The van der Waals surface area contributed by atoms with Crippen molar-refractivity contribution in [1.29, 1.82) is 0 Å². The number of hydrogen-bond acceptors (Lipinski definition) is 4. The van der Waals surface area contributed by atoms with Gasteiger partial charge in [-0.05, 0) is 19.9 Å². The SMILES string of the molecule is C=C(C)CN1CCN(c2cc(C(C)(C)C)nc3c(-c4ccccc4Cl)c(C)nn23)CC1. The van der Waals surface area contributed by atoms with Gasteiger partial charge in [-0.25, -0.2) is 4.98 Å². The van der Waals surface area contributed by atoms with Crippen LogP contribution in [0.4, 0.5) is 5.82 Å². The monoisotopic (exact) mass is 437 g/mol. The van der Waals surface area contributed by atoms with E-state index in [0.29, 0.717) is 0 Å². The van der Waals surface area contributed by atoms with E-state index in [1.54, 1.807) is 0 Å². The summed E-state index contributed by atoms with van der Waals surface area (Å²) in [7, 11) is 0. The molecule has 3 heterocycles. The number of aromatic nitrogens is 3. The van der Waals surface area contributed by atoms with Gasteiger partial charge in [0.2, 0.25) is 0 Å². The van der Waals surface area contributed by atoms with Gasteiger partial charge in [-0.3, -0.25) is 4.90 Å². The first-order valence-electron chi connectivity index (χ1n) is 10.9. The molecule has 0 bridgehead atoms. The van der Waals surface area contributed by atoms with Gasteiger partial charge in [-0.1, -0.05) is 62.7 Å². The number of halogens is 1. The Balaban J connectivity index is 1.84. The Labute approximate surface area is 190 Å². The zero-order chi connectivity index (χ0) is 22.3. The summed E-state index contributed by atoms with van der Waals surface area (Å²) in [6.07, 6.45) is 0. The summed E-state index contributed by atoms with van der Waals surface area (Å²) < 4.78 is 2.01. The molecule has 0 unspecified atom stereocenters. The van der Waals surface area contributed by atoms with E-state index in [9.17, 15) is 0 Å². The molecule has 0 spiro atoms. The van der Waals surface area contributed by atoms with Gasteiger partial charge in [0, 0.05) is 54.8 Å². The van der Waals surface area contributed by atoms with Gasteiger partial charge in [-0.2, -0.15) is 9.61 Å². The van der Waals surface area contributed by atoms with Gasteiger partial charge < -0.3 is 4.90 Å². The first-order valence-corrected chi connectivity index (χ1v) is 11.3. The highest BCUT2D eigenvalue weighted by atomic mass is 35.5. The predicted molar refractivity (Wildman–Crippen MR) is 130 cm³/mol. The molecule has 1 aromatic carbocycles. The number of piperazine rings is 1. The molecule has 0 N–H and O–H groups in total. The second-order valence-electron chi connectivity index (χ2n) is 9.65. The molecule has 1 aliphatic heterocycles. The Kier molecular flexibility index (Phi) is 5.84. The van der Waals surface area contributed by atoms with Crippen molar-refractivity contribution < 1.29 is 0 Å². The first kappa shape index (κ1) is 21.8. The summed E-state index contributed by atoms with van der Waals surface area (Å²) >= 11 is 6.58. The van der Waals surface area contributed by atoms with Gasteiger partial charge in [0.1, 0.15) is 5.82 Å². The van der Waals surface area contributed by atoms with E-state index >= 15 is 0 Å². The number of nitrogens with zero attached hydrogens (tertiary/aromatic N) is 5. The van der Waals surface area contributed by atoms with Crippen LogP contribution in [0.2, 0.25) is 5.02 Å². The lowest BCUT2D eigenvalue weighted by Gasteiger charge is -2.36. The maximum Gasteiger partial charge on any atom is 0.165 e. The van der Waals surface area contributed by atoms with E-state index in [-0.39, 0.29) is 5.41 Å². The van der Waals surface area contributed by atoms with E-state index in [0.717, 1.165) is 71.7 Å². The number of rotatable bonds is 4. The van der Waals surface area contributed by atoms with E-state index in [4.69, 9.17) is 21.7 Å². The van der Waals surface area contributed by atoms with Gasteiger partial charge in [0.05, 0.1) is 17.0 Å². The topological polar surface area (TPSA) is 36.7 Å². The molecule has 5 nitrogen and oxygen atoms in total. The average molecular weight is 438 g/mol. The van der Waals surface area contributed by atoms with Crippen molar-refractivity contribution in [2.24, 2.45) is 0 Å². The molecule has 0 amide bonds. The maximum atomic E-state index is 6.58. The van der Waals surface area contributed by atoms with E-state index in [1.807, 2.05) is 35.7 Å². The minimum Gasteiger partial charge on any atom is -0.354 e. The van der Waals surface area contributed by atoms with Gasteiger partial charge in [-0.15, -0.1) is 0 Å². The zero-order valence-electron chi connectivity index (χ0n) is 19.2. The lowest BCUT2D eigenvalue weighted by atomic mass is 9.91. The molecule has 0 saturated carbocycles. The minimum absolute atomic E-state index is 0.0752. The van der Waals surface area contributed by atoms with Crippen LogP contribution in [0.5, 0.6) is 0 Å². The van der Waals surface area contributed by atoms with Crippen molar-refractivity contribution >= 4 is 23.1 Å². The molecule has 1 aliphatic rings. The third-order valence-corrected chi connectivity index (χ3v) is 6.18. The molecule has 3 aromatic rings. The first-order chi connectivity index (χ1) is 14.6. The smallest absolute Gasteiger partial charge is 0.165 e. The fourth-order valence-corrected chi connectivity index (χ4v) is 4.44. The molecule has 1 fully saturated rings. The molecule has 0 atom stereocenters. The highest BCUT2D eigenvalue weighted by molar-refractivity contribution is 6.33.